The Bertz CT molecular complexity index is 1630. The third kappa shape index (κ3) is 5.75. The summed E-state index contributed by atoms with van der Waals surface area (Å²) < 4.78 is 12.4. The predicted molar refractivity (Wildman–Crippen MR) is 169 cm³/mol. The zero-order valence-electron chi connectivity index (χ0n) is 25.2. The molecule has 2 heterocycles. The topological polar surface area (TPSA) is 134 Å². The van der Waals surface area contributed by atoms with E-state index in [-0.39, 0.29) is 70.4 Å². The normalized spacial score (nSPS) is 26.1. The number of benzene rings is 4. The molecule has 0 unspecified atom stereocenters. The molecule has 8 nitrogen and oxygen atoms in total. The minimum Gasteiger partial charge on any atom is -0.508 e. The number of ether oxygens (including phenoxy) is 2. The molecule has 2 fully saturated rings. The molecular formula is C38H36O8. The Labute approximate surface area is 266 Å². The second-order valence-electron chi connectivity index (χ2n) is 12.8. The van der Waals surface area contributed by atoms with Gasteiger partial charge in [-0.05, 0) is 84.6 Å². The molecule has 236 valence electrons. The average molecular weight is 621 g/mol. The number of carbonyl (C=O) groups is 2. The molecule has 8 heteroatoms. The minimum atomic E-state index is -0.134. The predicted octanol–water partition coefficient (Wildman–Crippen LogP) is 7.37. The Balaban J connectivity index is 0.000000147. The van der Waals surface area contributed by atoms with Crippen molar-refractivity contribution in [3.8, 4) is 34.5 Å². The number of aromatic hydroxyl groups is 4. The van der Waals surface area contributed by atoms with E-state index in [4.69, 9.17) is 9.47 Å². The zero-order chi connectivity index (χ0) is 31.9. The minimum absolute atomic E-state index is 0.0749. The molecule has 0 saturated heterocycles. The highest BCUT2D eigenvalue weighted by molar-refractivity contribution is 5.81. The van der Waals surface area contributed by atoms with Gasteiger partial charge in [0, 0.05) is 60.5 Å². The first-order valence-electron chi connectivity index (χ1n) is 15.8. The summed E-state index contributed by atoms with van der Waals surface area (Å²) in [7, 11) is 0. The van der Waals surface area contributed by atoms with Gasteiger partial charge in [-0.3, -0.25) is 9.59 Å². The molecule has 2 aliphatic carbocycles. The van der Waals surface area contributed by atoms with Gasteiger partial charge < -0.3 is 29.9 Å². The summed E-state index contributed by atoms with van der Waals surface area (Å²) in [4.78, 5) is 23.9. The number of carbonyl (C=O) groups excluding carboxylic acids is 2. The van der Waals surface area contributed by atoms with E-state index in [0.29, 0.717) is 25.7 Å². The van der Waals surface area contributed by atoms with Crippen molar-refractivity contribution in [3.05, 3.63) is 107 Å². The highest BCUT2D eigenvalue weighted by Crippen LogP contribution is 2.53. The Morgan fingerprint density at radius 3 is 1.26 bits per heavy atom. The van der Waals surface area contributed by atoms with Crippen molar-refractivity contribution in [2.24, 2.45) is 11.8 Å². The van der Waals surface area contributed by atoms with Gasteiger partial charge in [0.2, 0.25) is 0 Å². The van der Waals surface area contributed by atoms with Crippen molar-refractivity contribution in [3.63, 3.8) is 0 Å². The van der Waals surface area contributed by atoms with Gasteiger partial charge in [-0.1, -0.05) is 24.3 Å². The van der Waals surface area contributed by atoms with Crippen LogP contribution in [-0.4, -0.2) is 32.0 Å². The van der Waals surface area contributed by atoms with Gasteiger partial charge in [0.1, 0.15) is 58.3 Å². The lowest BCUT2D eigenvalue weighted by Gasteiger charge is -2.42. The van der Waals surface area contributed by atoms with Crippen LogP contribution < -0.4 is 9.47 Å². The third-order valence-corrected chi connectivity index (χ3v) is 9.96. The van der Waals surface area contributed by atoms with Gasteiger partial charge in [0.15, 0.2) is 0 Å². The van der Waals surface area contributed by atoms with Crippen molar-refractivity contribution < 1.29 is 39.5 Å². The van der Waals surface area contributed by atoms with Crippen LogP contribution in [-0.2, 0) is 9.59 Å². The lowest BCUT2D eigenvalue weighted by Crippen LogP contribution is -2.34. The van der Waals surface area contributed by atoms with Crippen molar-refractivity contribution in [1.82, 2.24) is 0 Å². The quantitative estimate of drug-likeness (QED) is 0.183. The van der Waals surface area contributed by atoms with E-state index in [2.05, 4.69) is 0 Å². The molecule has 0 aromatic heterocycles. The van der Waals surface area contributed by atoms with Crippen LogP contribution in [0.3, 0.4) is 0 Å². The molecule has 4 aromatic carbocycles. The molecule has 4 N–H and O–H groups in total. The van der Waals surface area contributed by atoms with Crippen LogP contribution in [0, 0.1) is 11.8 Å². The molecular weight excluding hydrogens is 584 g/mol. The van der Waals surface area contributed by atoms with Gasteiger partial charge in [-0.2, -0.15) is 0 Å². The number of hydrogen-bond acceptors (Lipinski definition) is 8. The largest absolute Gasteiger partial charge is 0.508 e. The number of phenolic OH excluding ortho intramolecular Hbond substituents is 4. The monoisotopic (exact) mass is 620 g/mol. The van der Waals surface area contributed by atoms with Gasteiger partial charge >= 0.3 is 0 Å². The summed E-state index contributed by atoms with van der Waals surface area (Å²) >= 11 is 0. The number of fused-ring (bicyclic) bond motifs is 6. The summed E-state index contributed by atoms with van der Waals surface area (Å²) in [5.74, 6) is 3.41. The van der Waals surface area contributed by atoms with E-state index in [1.54, 1.807) is 60.7 Å². The summed E-state index contributed by atoms with van der Waals surface area (Å²) in [6.45, 7) is 0. The van der Waals surface area contributed by atoms with Gasteiger partial charge in [-0.25, -0.2) is 0 Å². The van der Waals surface area contributed by atoms with Crippen LogP contribution in [0.2, 0.25) is 0 Å². The molecule has 4 aliphatic rings. The number of ketones is 2. The highest BCUT2D eigenvalue weighted by atomic mass is 16.5. The fourth-order valence-corrected chi connectivity index (χ4v) is 7.73. The van der Waals surface area contributed by atoms with Crippen molar-refractivity contribution in [2.45, 2.75) is 62.6 Å². The van der Waals surface area contributed by atoms with Crippen LogP contribution in [0.1, 0.15) is 84.8 Å². The Morgan fingerprint density at radius 1 is 0.500 bits per heavy atom. The lowest BCUT2D eigenvalue weighted by molar-refractivity contribution is -0.123. The molecule has 4 aromatic rings. The molecule has 2 aliphatic heterocycles. The van der Waals surface area contributed by atoms with Gasteiger partial charge in [0.25, 0.3) is 0 Å². The van der Waals surface area contributed by atoms with E-state index in [1.165, 1.54) is 0 Å². The SMILES string of the molecule is O=C1CC[C@@H]2[C@H](C1)c1cc(O)ccc1O[C@@H]2c1ccc(O)cc1.O=C1CC[C@@H]2[C@H](C1)c1cc(O)ccc1O[C@@H]2c1ccc(O)cc1. The van der Waals surface area contributed by atoms with Crippen LogP contribution in [0.4, 0.5) is 0 Å². The van der Waals surface area contributed by atoms with Crippen LogP contribution >= 0.6 is 0 Å². The van der Waals surface area contributed by atoms with Crippen LogP contribution in [0.25, 0.3) is 0 Å². The second kappa shape index (κ2) is 12.1. The summed E-state index contributed by atoms with van der Waals surface area (Å²) in [5, 5.41) is 38.6. The number of hydrogen-bond donors (Lipinski definition) is 4. The first-order chi connectivity index (χ1) is 22.2. The molecule has 0 bridgehead atoms. The maximum Gasteiger partial charge on any atom is 0.133 e. The third-order valence-electron chi connectivity index (χ3n) is 9.96. The fourth-order valence-electron chi connectivity index (χ4n) is 7.73. The van der Waals surface area contributed by atoms with Crippen molar-refractivity contribution >= 4 is 11.6 Å². The van der Waals surface area contributed by atoms with Crippen molar-refractivity contribution in [2.75, 3.05) is 0 Å². The smallest absolute Gasteiger partial charge is 0.133 e. The molecule has 0 spiro atoms. The molecule has 8 rings (SSSR count). The van der Waals surface area contributed by atoms with Crippen LogP contribution in [0.15, 0.2) is 84.9 Å². The maximum absolute atomic E-state index is 12.0. The Morgan fingerprint density at radius 2 is 0.870 bits per heavy atom. The summed E-state index contributed by atoms with van der Waals surface area (Å²) in [6, 6.07) is 24.3. The zero-order valence-corrected chi connectivity index (χ0v) is 25.2. The second-order valence-corrected chi connectivity index (χ2v) is 12.8. The Kier molecular flexibility index (Phi) is 7.80. The van der Waals surface area contributed by atoms with Gasteiger partial charge in [-0.15, -0.1) is 0 Å². The van der Waals surface area contributed by atoms with Gasteiger partial charge in [0.05, 0.1) is 0 Å². The maximum atomic E-state index is 12.0. The Hall–Kier alpha value is -4.98. The van der Waals surface area contributed by atoms with Crippen LogP contribution in [0.5, 0.6) is 34.5 Å². The van der Waals surface area contributed by atoms with E-state index in [9.17, 15) is 30.0 Å². The fraction of sp³-hybridized carbons (Fsp3) is 0.316. The van der Waals surface area contributed by atoms with Crippen molar-refractivity contribution in [1.29, 1.82) is 0 Å². The molecule has 46 heavy (non-hydrogen) atoms. The average Bonchev–Trinajstić information content (AvgIpc) is 3.05. The van der Waals surface area contributed by atoms with E-state index < -0.39 is 0 Å². The summed E-state index contributed by atoms with van der Waals surface area (Å²) in [5.41, 5.74) is 3.87. The molecule has 2 saturated carbocycles. The number of phenols is 4. The molecule has 6 atom stereocenters. The highest BCUT2D eigenvalue weighted by Gasteiger charge is 2.44. The standard InChI is InChI=1S/2C19H18O4/c2*20-12-3-1-11(2-4-12)19-15-7-5-13(21)9-16(15)17-10-14(22)6-8-18(17)23-19/h2*1-4,6,8,10,15-16,19-20,22H,5,7,9H2/t2*15-,16+,19-/m11/s1. The first-order valence-corrected chi connectivity index (χ1v) is 15.8. The first kappa shape index (κ1) is 29.7. The molecule has 0 radical (unpaired) electrons. The van der Waals surface area contributed by atoms with E-state index >= 15 is 0 Å². The molecule has 0 amide bonds. The van der Waals surface area contributed by atoms with E-state index in [1.807, 2.05) is 24.3 Å². The lowest BCUT2D eigenvalue weighted by atomic mass is 9.69. The number of Topliss-reactive ketones (excluding diaryl/α,β-unsaturated/α-hetero) is 2. The number of rotatable bonds is 2. The van der Waals surface area contributed by atoms with E-state index in [0.717, 1.165) is 46.6 Å². The summed E-state index contributed by atoms with van der Waals surface area (Å²) in [6.07, 6.45) is 3.45.